The molecule has 0 radical (unpaired) electrons. The number of aryl methyl sites for hydroxylation is 1. The van der Waals surface area contributed by atoms with Crippen LogP contribution in [0.15, 0.2) is 30.3 Å². The zero-order valence-electron chi connectivity index (χ0n) is 12.9. The first-order valence-corrected chi connectivity index (χ1v) is 7.50. The number of nitrogens with zero attached hydrogens (tertiary/aromatic N) is 3. The number of aromatic nitrogens is 2. The molecule has 2 heterocycles. The van der Waals surface area contributed by atoms with Gasteiger partial charge in [-0.3, -0.25) is 0 Å². The van der Waals surface area contributed by atoms with Crippen molar-refractivity contribution in [2.24, 2.45) is 0 Å². The molecule has 6 heteroatoms. The zero-order valence-corrected chi connectivity index (χ0v) is 12.9. The van der Waals surface area contributed by atoms with Gasteiger partial charge in [0, 0.05) is 0 Å². The number of carboxylic acid groups (broad SMARTS) is 1. The number of carboxylic acids is 1. The monoisotopic (exact) mass is 300 g/mol. The van der Waals surface area contributed by atoms with Gasteiger partial charge < -0.3 is 19.7 Å². The van der Waals surface area contributed by atoms with Gasteiger partial charge in [-0.15, -0.1) is 0 Å². The van der Waals surface area contributed by atoms with Gasteiger partial charge in [0.1, 0.15) is 5.82 Å². The van der Waals surface area contributed by atoms with Crippen LogP contribution in [0.4, 0.5) is 5.82 Å². The lowest BCUT2D eigenvalue weighted by Gasteiger charge is -2.32. The molecule has 1 aromatic carbocycles. The number of hydrogen-bond donors (Lipinski definition) is 1. The standard InChI is InChI=1S/C16H20N4O2/c1-12-14(16(21)22)15(19-10-8-18(2)9-11-19)20(17-12)13-6-4-3-5-7-13/h3-7H,8-11H2,1-2H3,(H,21,22). The Balaban J connectivity index is 2.11. The summed E-state index contributed by atoms with van der Waals surface area (Å²) in [7, 11) is 2.15. The molecule has 3 rings (SSSR count). The van der Waals surface area contributed by atoms with Crippen LogP contribution in [-0.4, -0.2) is 49.0 Å². The summed E-state index contributed by atoms with van der Waals surface area (Å²) in [6.07, 6.45) is 0. The average molecular weight is 300 g/mol. The highest BCUT2D eigenvalue weighted by Gasteiger charge is 2.26. The smallest absolute Gasteiger partial charge is 0.142 e. The minimum absolute atomic E-state index is 0.198. The first kappa shape index (κ1) is 14.6. The zero-order chi connectivity index (χ0) is 15.7. The molecule has 116 valence electrons. The third-order valence-electron chi connectivity index (χ3n) is 4.16. The van der Waals surface area contributed by atoms with Crippen LogP contribution >= 0.6 is 0 Å². The third kappa shape index (κ3) is 2.57. The van der Waals surface area contributed by atoms with Gasteiger partial charge in [-0.25, -0.2) is 4.68 Å². The Morgan fingerprint density at radius 1 is 1.23 bits per heavy atom. The van der Waals surface area contributed by atoms with Crippen LogP contribution in [0.5, 0.6) is 0 Å². The molecule has 1 aromatic heterocycles. The molecule has 2 aromatic rings. The van der Waals surface area contributed by atoms with Crippen LogP contribution in [0.1, 0.15) is 16.1 Å². The summed E-state index contributed by atoms with van der Waals surface area (Å²) in [6.45, 7) is 5.29. The number of rotatable bonds is 3. The molecule has 0 aliphatic carbocycles. The van der Waals surface area contributed by atoms with Gasteiger partial charge in [0.2, 0.25) is 0 Å². The highest BCUT2D eigenvalue weighted by atomic mass is 16.4. The van der Waals surface area contributed by atoms with Crippen LogP contribution in [-0.2, 0) is 0 Å². The van der Waals surface area contributed by atoms with E-state index < -0.39 is 5.97 Å². The Kier molecular flexibility index (Phi) is 3.85. The Morgan fingerprint density at radius 2 is 1.86 bits per heavy atom. The fourth-order valence-corrected chi connectivity index (χ4v) is 2.90. The van der Waals surface area contributed by atoms with E-state index in [0.29, 0.717) is 11.5 Å². The summed E-state index contributed by atoms with van der Waals surface area (Å²) in [5.41, 5.74) is 1.55. The maximum atomic E-state index is 11.6. The lowest BCUT2D eigenvalue weighted by Crippen LogP contribution is -3.12. The van der Waals surface area contributed by atoms with Crippen molar-refractivity contribution in [1.82, 2.24) is 9.78 Å². The lowest BCUT2D eigenvalue weighted by atomic mass is 10.2. The third-order valence-corrected chi connectivity index (χ3v) is 4.16. The van der Waals surface area contributed by atoms with Gasteiger partial charge in [0.15, 0.2) is 0 Å². The number of quaternary nitrogens is 1. The Hall–Kier alpha value is -2.34. The number of piperazine rings is 1. The van der Waals surface area contributed by atoms with E-state index in [-0.39, 0.29) is 5.56 Å². The molecule has 1 aliphatic rings. The van der Waals surface area contributed by atoms with E-state index in [2.05, 4.69) is 17.0 Å². The van der Waals surface area contributed by atoms with E-state index in [0.717, 1.165) is 31.9 Å². The number of anilines is 1. The fourth-order valence-electron chi connectivity index (χ4n) is 2.90. The molecular formula is C16H20N4O2. The van der Waals surface area contributed by atoms with Crippen molar-refractivity contribution in [2.75, 3.05) is 38.1 Å². The summed E-state index contributed by atoms with van der Waals surface area (Å²) >= 11 is 0. The molecule has 1 fully saturated rings. The normalized spacial score (nSPS) is 16.0. The van der Waals surface area contributed by atoms with Gasteiger partial charge in [-0.05, 0) is 19.1 Å². The van der Waals surface area contributed by atoms with Crippen molar-refractivity contribution in [3.63, 3.8) is 0 Å². The molecule has 0 atom stereocenters. The first-order valence-electron chi connectivity index (χ1n) is 7.50. The molecule has 1 aliphatic heterocycles. The predicted molar refractivity (Wildman–Crippen MR) is 81.5 cm³/mol. The molecule has 22 heavy (non-hydrogen) atoms. The van der Waals surface area contributed by atoms with Gasteiger partial charge in [-0.1, -0.05) is 18.2 Å². The second-order valence-electron chi connectivity index (χ2n) is 5.76. The second-order valence-corrected chi connectivity index (χ2v) is 5.76. The van der Waals surface area contributed by atoms with Gasteiger partial charge in [0.05, 0.1) is 56.1 Å². The van der Waals surface area contributed by atoms with E-state index in [4.69, 9.17) is 0 Å². The molecule has 0 spiro atoms. The molecule has 0 saturated carbocycles. The van der Waals surface area contributed by atoms with Crippen molar-refractivity contribution >= 4 is 11.8 Å². The van der Waals surface area contributed by atoms with E-state index in [1.54, 1.807) is 11.6 Å². The van der Waals surface area contributed by atoms with Crippen LogP contribution in [0, 0.1) is 6.92 Å². The number of hydrogen-bond acceptors (Lipinski definition) is 4. The lowest BCUT2D eigenvalue weighted by molar-refractivity contribution is -0.880. The van der Waals surface area contributed by atoms with Crippen molar-refractivity contribution in [1.29, 1.82) is 0 Å². The minimum atomic E-state index is -1.17. The van der Waals surface area contributed by atoms with Gasteiger partial charge >= 0.3 is 0 Å². The number of para-hydroxylation sites is 1. The number of likely N-dealkylation sites (N-methyl/N-ethyl adjacent to an activating group) is 1. The largest absolute Gasteiger partial charge is 0.545 e. The van der Waals surface area contributed by atoms with Gasteiger partial charge in [-0.2, -0.15) is 5.10 Å². The van der Waals surface area contributed by atoms with Crippen molar-refractivity contribution in [3.05, 3.63) is 41.6 Å². The summed E-state index contributed by atoms with van der Waals surface area (Å²) in [5.74, 6) is -0.530. The van der Waals surface area contributed by atoms with E-state index in [9.17, 15) is 9.90 Å². The summed E-state index contributed by atoms with van der Waals surface area (Å²) in [6, 6.07) is 9.62. The van der Waals surface area contributed by atoms with Crippen LogP contribution < -0.4 is 14.9 Å². The Bertz CT molecular complexity index is 673. The summed E-state index contributed by atoms with van der Waals surface area (Å²) in [5, 5.41) is 16.0. The topological polar surface area (TPSA) is 65.6 Å². The predicted octanol–water partition coefficient (Wildman–Crippen LogP) is -1.12. The Labute approximate surface area is 129 Å². The number of carbonyl (C=O) groups is 1. The second kappa shape index (κ2) is 5.81. The van der Waals surface area contributed by atoms with Crippen LogP contribution in [0.2, 0.25) is 0 Å². The Morgan fingerprint density at radius 3 is 2.45 bits per heavy atom. The van der Waals surface area contributed by atoms with Crippen LogP contribution in [0.3, 0.4) is 0 Å². The SMILES string of the molecule is Cc1nn(-c2ccccc2)c(N2CC[NH+](C)CC2)c1C(=O)[O-]. The summed E-state index contributed by atoms with van der Waals surface area (Å²) in [4.78, 5) is 15.2. The quantitative estimate of drug-likeness (QED) is 0.780. The number of carbonyl (C=O) groups excluding carboxylic acids is 1. The van der Waals surface area contributed by atoms with Crippen LogP contribution in [0.25, 0.3) is 5.69 Å². The minimum Gasteiger partial charge on any atom is -0.545 e. The molecule has 0 unspecified atom stereocenters. The molecule has 0 bridgehead atoms. The molecule has 0 amide bonds. The van der Waals surface area contributed by atoms with Crippen molar-refractivity contribution in [3.8, 4) is 5.69 Å². The van der Waals surface area contributed by atoms with E-state index in [1.807, 2.05) is 30.3 Å². The molecule has 1 saturated heterocycles. The highest BCUT2D eigenvalue weighted by molar-refractivity contribution is 5.93. The number of aromatic carboxylic acids is 1. The first-order chi connectivity index (χ1) is 10.6. The van der Waals surface area contributed by atoms with Crippen molar-refractivity contribution < 1.29 is 14.8 Å². The highest BCUT2D eigenvalue weighted by Crippen LogP contribution is 2.27. The maximum absolute atomic E-state index is 11.6. The molecular weight excluding hydrogens is 280 g/mol. The van der Waals surface area contributed by atoms with Gasteiger partial charge in [0.25, 0.3) is 0 Å². The fraction of sp³-hybridized carbons (Fsp3) is 0.375. The van der Waals surface area contributed by atoms with Crippen molar-refractivity contribution in [2.45, 2.75) is 6.92 Å². The number of nitrogens with one attached hydrogen (secondary N) is 1. The average Bonchev–Trinajstić information content (AvgIpc) is 2.86. The molecule has 6 nitrogen and oxygen atoms in total. The maximum Gasteiger partial charge on any atom is 0.142 e. The van der Waals surface area contributed by atoms with E-state index >= 15 is 0 Å². The number of benzene rings is 1. The summed E-state index contributed by atoms with van der Waals surface area (Å²) < 4.78 is 1.72. The van der Waals surface area contributed by atoms with E-state index in [1.165, 1.54) is 4.90 Å². The molecule has 1 N–H and O–H groups in total.